The third-order valence-corrected chi connectivity index (χ3v) is 6.18. The van der Waals surface area contributed by atoms with Gasteiger partial charge in [-0.3, -0.25) is 19.7 Å². The first-order chi connectivity index (χ1) is 13.5. The number of urea groups is 1. The van der Waals surface area contributed by atoms with Gasteiger partial charge >= 0.3 is 6.03 Å². The van der Waals surface area contributed by atoms with Gasteiger partial charge in [0.25, 0.3) is 5.91 Å². The molecule has 148 valence electrons. The highest BCUT2D eigenvalue weighted by molar-refractivity contribution is 6.07. The lowest BCUT2D eigenvalue weighted by atomic mass is 9.86. The molecule has 8 heteroatoms. The highest BCUT2D eigenvalue weighted by Gasteiger charge is 2.48. The van der Waals surface area contributed by atoms with E-state index in [-0.39, 0.29) is 17.7 Å². The van der Waals surface area contributed by atoms with E-state index in [0.29, 0.717) is 31.5 Å². The molecule has 1 aromatic rings. The molecule has 3 fully saturated rings. The Morgan fingerprint density at radius 3 is 2.21 bits per heavy atom. The van der Waals surface area contributed by atoms with Crippen LogP contribution in [0, 0.1) is 5.92 Å². The number of hydrogen-bond acceptors (Lipinski definition) is 5. The van der Waals surface area contributed by atoms with Gasteiger partial charge in [-0.05, 0) is 49.9 Å². The fraction of sp³-hybridized carbons (Fsp3) is 0.500. The van der Waals surface area contributed by atoms with E-state index in [0.717, 1.165) is 37.9 Å². The fourth-order valence-corrected chi connectivity index (χ4v) is 4.40. The average molecular weight is 384 g/mol. The number of hydrogen-bond donors (Lipinski definition) is 2. The first kappa shape index (κ1) is 18.5. The van der Waals surface area contributed by atoms with Crippen molar-refractivity contribution in [2.75, 3.05) is 31.1 Å². The van der Waals surface area contributed by atoms with Gasteiger partial charge in [-0.15, -0.1) is 0 Å². The molecule has 2 N–H and O–H groups in total. The average Bonchev–Trinajstić information content (AvgIpc) is 3.01. The lowest BCUT2D eigenvalue weighted by Crippen LogP contribution is -2.56. The molecule has 0 saturated carbocycles. The number of nitrogens with one attached hydrogen (secondary N) is 2. The Morgan fingerprint density at radius 2 is 1.68 bits per heavy atom. The predicted octanol–water partition coefficient (Wildman–Crippen LogP) is 0.916. The molecule has 0 radical (unpaired) electrons. The molecule has 3 aliphatic heterocycles. The van der Waals surface area contributed by atoms with Crippen molar-refractivity contribution in [3.05, 3.63) is 29.8 Å². The van der Waals surface area contributed by atoms with Gasteiger partial charge in [0.15, 0.2) is 0 Å². The highest BCUT2D eigenvalue weighted by atomic mass is 16.2. The number of amides is 4. The van der Waals surface area contributed by atoms with Gasteiger partial charge in [-0.1, -0.05) is 0 Å². The number of carbonyl (C=O) groups excluding carboxylic acids is 4. The molecule has 3 aliphatic rings. The van der Waals surface area contributed by atoms with Gasteiger partial charge in [-0.25, -0.2) is 4.79 Å². The van der Waals surface area contributed by atoms with Crippen LogP contribution >= 0.6 is 0 Å². The predicted molar refractivity (Wildman–Crippen MR) is 102 cm³/mol. The van der Waals surface area contributed by atoms with Gasteiger partial charge in [-0.2, -0.15) is 0 Å². The first-order valence-corrected chi connectivity index (χ1v) is 9.73. The number of aldehydes is 1. The molecule has 0 bridgehead atoms. The Morgan fingerprint density at radius 1 is 1.04 bits per heavy atom. The molecule has 4 amide bonds. The Hall–Kier alpha value is -2.90. The maximum absolute atomic E-state index is 12.9. The molecule has 1 aromatic carbocycles. The van der Waals surface area contributed by atoms with Crippen LogP contribution < -0.4 is 15.5 Å². The minimum absolute atomic E-state index is 0.00783. The minimum Gasteiger partial charge on any atom is -0.371 e. The van der Waals surface area contributed by atoms with Gasteiger partial charge < -0.3 is 15.1 Å². The molecular weight excluding hydrogens is 360 g/mol. The van der Waals surface area contributed by atoms with Crippen molar-refractivity contribution in [1.29, 1.82) is 0 Å². The number of benzene rings is 1. The zero-order valence-corrected chi connectivity index (χ0v) is 15.6. The summed E-state index contributed by atoms with van der Waals surface area (Å²) in [5, 5.41) is 5.02. The summed E-state index contributed by atoms with van der Waals surface area (Å²) in [6, 6.07) is 7.05. The second kappa shape index (κ2) is 7.26. The summed E-state index contributed by atoms with van der Waals surface area (Å²) in [4.78, 5) is 51.2. The van der Waals surface area contributed by atoms with Crippen molar-refractivity contribution >= 4 is 29.8 Å². The number of likely N-dealkylation sites (tertiary alicyclic amines) is 1. The summed E-state index contributed by atoms with van der Waals surface area (Å²) < 4.78 is 0. The van der Waals surface area contributed by atoms with E-state index in [2.05, 4.69) is 15.5 Å². The molecule has 0 atom stereocenters. The third kappa shape index (κ3) is 3.34. The third-order valence-electron chi connectivity index (χ3n) is 6.18. The quantitative estimate of drug-likeness (QED) is 0.596. The number of nitrogens with zero attached hydrogens (tertiary/aromatic N) is 2. The fourth-order valence-electron chi connectivity index (χ4n) is 4.40. The standard InChI is InChI=1S/C20H24N4O4/c25-13-14-1-3-16(4-2-14)23-9-5-15(6-10-23)17(26)24-11-7-20(8-12-24)18(27)21-19(28)22-20/h1-4,13,15H,5-12H2,(H2,21,22,27,28). The van der Waals surface area contributed by atoms with Crippen LogP contribution in [0.25, 0.3) is 0 Å². The summed E-state index contributed by atoms with van der Waals surface area (Å²) >= 11 is 0. The molecule has 28 heavy (non-hydrogen) atoms. The van der Waals surface area contributed by atoms with Crippen LogP contribution in [0.1, 0.15) is 36.0 Å². The largest absolute Gasteiger partial charge is 0.371 e. The zero-order valence-electron chi connectivity index (χ0n) is 15.6. The van der Waals surface area contributed by atoms with E-state index in [9.17, 15) is 19.2 Å². The molecule has 1 spiro atoms. The van der Waals surface area contributed by atoms with Gasteiger partial charge in [0.2, 0.25) is 5.91 Å². The lowest BCUT2D eigenvalue weighted by molar-refractivity contribution is -0.139. The van der Waals surface area contributed by atoms with E-state index >= 15 is 0 Å². The van der Waals surface area contributed by atoms with Crippen molar-refractivity contribution < 1.29 is 19.2 Å². The molecule has 0 aliphatic carbocycles. The maximum Gasteiger partial charge on any atom is 0.322 e. The van der Waals surface area contributed by atoms with E-state index in [4.69, 9.17) is 0 Å². The molecular formula is C20H24N4O4. The van der Waals surface area contributed by atoms with Gasteiger partial charge in [0.1, 0.15) is 11.8 Å². The highest BCUT2D eigenvalue weighted by Crippen LogP contribution is 2.29. The number of carbonyl (C=O) groups is 4. The van der Waals surface area contributed by atoms with Crippen molar-refractivity contribution in [3.63, 3.8) is 0 Å². The van der Waals surface area contributed by atoms with E-state index in [1.165, 1.54) is 0 Å². The van der Waals surface area contributed by atoms with Gasteiger partial charge in [0.05, 0.1) is 0 Å². The summed E-state index contributed by atoms with van der Waals surface area (Å²) in [6.45, 7) is 2.57. The van der Waals surface area contributed by atoms with Gasteiger partial charge in [0, 0.05) is 43.3 Å². The summed E-state index contributed by atoms with van der Waals surface area (Å²) in [6.07, 6.45) is 3.31. The van der Waals surface area contributed by atoms with Crippen LogP contribution in [0.3, 0.4) is 0 Å². The summed E-state index contributed by atoms with van der Waals surface area (Å²) in [7, 11) is 0. The molecule has 0 unspecified atom stereocenters. The zero-order chi connectivity index (χ0) is 19.7. The SMILES string of the molecule is O=Cc1ccc(N2CCC(C(=O)N3CCC4(CC3)NC(=O)NC4=O)CC2)cc1. The second-order valence-corrected chi connectivity index (χ2v) is 7.79. The van der Waals surface area contributed by atoms with Crippen LogP contribution in [0.4, 0.5) is 10.5 Å². The monoisotopic (exact) mass is 384 g/mol. The van der Waals surface area contributed by atoms with E-state index in [1.54, 1.807) is 12.1 Å². The van der Waals surface area contributed by atoms with E-state index in [1.807, 2.05) is 17.0 Å². The molecule has 4 rings (SSSR count). The van der Waals surface area contributed by atoms with Crippen molar-refractivity contribution in [2.24, 2.45) is 5.92 Å². The van der Waals surface area contributed by atoms with Crippen LogP contribution in [0.5, 0.6) is 0 Å². The van der Waals surface area contributed by atoms with Crippen molar-refractivity contribution in [1.82, 2.24) is 15.5 Å². The normalized spacial score (nSPS) is 22.1. The maximum atomic E-state index is 12.9. The Bertz CT molecular complexity index is 791. The number of rotatable bonds is 3. The molecule has 3 saturated heterocycles. The Kier molecular flexibility index (Phi) is 4.78. The second-order valence-electron chi connectivity index (χ2n) is 7.79. The number of anilines is 1. The Balaban J connectivity index is 1.30. The number of imide groups is 1. The van der Waals surface area contributed by atoms with Crippen LogP contribution in [-0.2, 0) is 9.59 Å². The number of piperidine rings is 2. The van der Waals surface area contributed by atoms with Crippen molar-refractivity contribution in [2.45, 2.75) is 31.2 Å². The molecule has 0 aromatic heterocycles. The minimum atomic E-state index is -0.842. The van der Waals surface area contributed by atoms with E-state index < -0.39 is 11.6 Å². The summed E-state index contributed by atoms with van der Waals surface area (Å²) in [5.74, 6) is -0.138. The van der Waals surface area contributed by atoms with Crippen molar-refractivity contribution in [3.8, 4) is 0 Å². The molecule has 8 nitrogen and oxygen atoms in total. The first-order valence-electron chi connectivity index (χ1n) is 9.73. The Labute approximate surface area is 163 Å². The lowest BCUT2D eigenvalue weighted by Gasteiger charge is -2.40. The van der Waals surface area contributed by atoms with Crippen LogP contribution in [0.2, 0.25) is 0 Å². The smallest absolute Gasteiger partial charge is 0.322 e. The molecule has 3 heterocycles. The topological polar surface area (TPSA) is 98.8 Å². The summed E-state index contributed by atoms with van der Waals surface area (Å²) in [5.41, 5.74) is 0.883. The van der Waals surface area contributed by atoms with Crippen LogP contribution in [0.15, 0.2) is 24.3 Å². The van der Waals surface area contributed by atoms with Crippen LogP contribution in [-0.4, -0.2) is 60.7 Å².